The first-order valence-electron chi connectivity index (χ1n) is 11.2. The summed E-state index contributed by atoms with van der Waals surface area (Å²) in [6, 6.07) is 13.1. The molecule has 0 aliphatic heterocycles. The van der Waals surface area contributed by atoms with Crippen molar-refractivity contribution in [2.75, 3.05) is 32.1 Å². The molecule has 0 spiro atoms. The highest BCUT2D eigenvalue weighted by Crippen LogP contribution is 2.20. The summed E-state index contributed by atoms with van der Waals surface area (Å²) in [5, 5.41) is 4.63. The molecule has 0 fully saturated rings. The smallest absolute Gasteiger partial charge is 0.322 e. The molecule has 0 saturated heterocycles. The Morgan fingerprint density at radius 1 is 1.00 bits per heavy atom. The molecule has 0 radical (unpaired) electrons. The molecule has 0 atom stereocenters. The topological polar surface area (TPSA) is 61.9 Å². The van der Waals surface area contributed by atoms with Gasteiger partial charge in [0.1, 0.15) is 18.2 Å². The first-order valence-corrected chi connectivity index (χ1v) is 12.1. The molecule has 186 valence electrons. The van der Waals surface area contributed by atoms with E-state index in [0.29, 0.717) is 25.3 Å². The standard InChI is InChI=1S/C26H29F2N3O3S/c1-19-11-14-35-24(19)17-31(16-20-7-9-21(27)10-8-20)25(32)18-30(12-4-13-34-2)26(33)29-23-6-3-5-22(28)15-23/h3,5-11,14-15H,4,12-13,16-18H2,1-2H3,(H,29,33). The summed E-state index contributed by atoms with van der Waals surface area (Å²) in [5.41, 5.74) is 2.16. The number of methoxy groups -OCH3 is 1. The first kappa shape index (κ1) is 26.3. The van der Waals surface area contributed by atoms with E-state index in [-0.39, 0.29) is 31.4 Å². The van der Waals surface area contributed by atoms with Crippen molar-refractivity contribution in [2.24, 2.45) is 0 Å². The number of ether oxygens (including phenoxy) is 1. The molecule has 0 aliphatic carbocycles. The number of halogens is 2. The summed E-state index contributed by atoms with van der Waals surface area (Å²) in [5.74, 6) is -1.07. The number of carbonyl (C=O) groups is 2. The van der Waals surface area contributed by atoms with E-state index in [9.17, 15) is 18.4 Å². The second-order valence-corrected chi connectivity index (χ2v) is 9.11. The third-order valence-electron chi connectivity index (χ3n) is 5.41. The van der Waals surface area contributed by atoms with Crippen molar-refractivity contribution in [1.29, 1.82) is 0 Å². The van der Waals surface area contributed by atoms with Gasteiger partial charge in [-0.1, -0.05) is 18.2 Å². The van der Waals surface area contributed by atoms with Gasteiger partial charge >= 0.3 is 6.03 Å². The van der Waals surface area contributed by atoms with E-state index in [0.717, 1.165) is 16.0 Å². The minimum absolute atomic E-state index is 0.170. The SMILES string of the molecule is COCCCN(CC(=O)N(Cc1ccc(F)cc1)Cc1sccc1C)C(=O)Nc1cccc(F)c1. The number of thiophene rings is 1. The Bertz CT molecular complexity index is 1120. The van der Waals surface area contributed by atoms with Crippen LogP contribution in [-0.4, -0.2) is 48.5 Å². The molecule has 0 unspecified atom stereocenters. The molecule has 0 saturated carbocycles. The van der Waals surface area contributed by atoms with Crippen LogP contribution in [0.1, 0.15) is 22.4 Å². The number of hydrogen-bond acceptors (Lipinski definition) is 4. The van der Waals surface area contributed by atoms with Crippen molar-refractivity contribution < 1.29 is 23.1 Å². The summed E-state index contributed by atoms with van der Waals surface area (Å²) in [6.07, 6.45) is 0.530. The van der Waals surface area contributed by atoms with Crippen LogP contribution in [-0.2, 0) is 22.6 Å². The fraction of sp³-hybridized carbons (Fsp3) is 0.308. The van der Waals surface area contributed by atoms with Crippen molar-refractivity contribution in [1.82, 2.24) is 9.80 Å². The summed E-state index contributed by atoms with van der Waals surface area (Å²) in [7, 11) is 1.57. The lowest BCUT2D eigenvalue weighted by molar-refractivity contribution is -0.133. The quantitative estimate of drug-likeness (QED) is 0.356. The predicted octanol–water partition coefficient (Wildman–Crippen LogP) is 5.43. The van der Waals surface area contributed by atoms with Crippen LogP contribution < -0.4 is 5.32 Å². The van der Waals surface area contributed by atoms with E-state index in [1.165, 1.54) is 35.2 Å². The number of amides is 3. The van der Waals surface area contributed by atoms with Crippen LogP contribution in [0.5, 0.6) is 0 Å². The van der Waals surface area contributed by atoms with Crippen LogP contribution >= 0.6 is 11.3 Å². The molecule has 35 heavy (non-hydrogen) atoms. The van der Waals surface area contributed by atoms with Crippen LogP contribution in [0.25, 0.3) is 0 Å². The van der Waals surface area contributed by atoms with Gasteiger partial charge < -0.3 is 19.9 Å². The molecule has 3 amide bonds. The van der Waals surface area contributed by atoms with Crippen molar-refractivity contribution in [3.8, 4) is 0 Å². The van der Waals surface area contributed by atoms with Gasteiger partial charge in [-0.05, 0) is 66.2 Å². The second-order valence-electron chi connectivity index (χ2n) is 8.11. The highest BCUT2D eigenvalue weighted by atomic mass is 32.1. The Morgan fingerprint density at radius 3 is 2.43 bits per heavy atom. The second kappa shape index (κ2) is 13.0. The van der Waals surface area contributed by atoms with Crippen molar-refractivity contribution in [3.63, 3.8) is 0 Å². The van der Waals surface area contributed by atoms with Crippen LogP contribution in [0, 0.1) is 18.6 Å². The fourth-order valence-electron chi connectivity index (χ4n) is 3.47. The molecule has 1 heterocycles. The van der Waals surface area contributed by atoms with Crippen molar-refractivity contribution in [3.05, 3.63) is 87.6 Å². The lowest BCUT2D eigenvalue weighted by Crippen LogP contribution is -2.44. The van der Waals surface area contributed by atoms with Gasteiger partial charge in [0.25, 0.3) is 0 Å². The van der Waals surface area contributed by atoms with E-state index < -0.39 is 11.8 Å². The minimum atomic E-state index is -0.505. The molecular weight excluding hydrogens is 472 g/mol. The molecule has 2 aromatic carbocycles. The maximum atomic E-state index is 13.6. The zero-order valence-corrected chi connectivity index (χ0v) is 20.6. The molecular formula is C26H29F2N3O3S. The predicted molar refractivity (Wildman–Crippen MR) is 133 cm³/mol. The van der Waals surface area contributed by atoms with Crippen molar-refractivity contribution >= 4 is 29.0 Å². The fourth-order valence-corrected chi connectivity index (χ4v) is 4.39. The van der Waals surface area contributed by atoms with E-state index in [1.54, 1.807) is 41.5 Å². The largest absolute Gasteiger partial charge is 0.385 e. The molecule has 3 aromatic rings. The van der Waals surface area contributed by atoms with Crippen LogP contribution in [0.4, 0.5) is 19.3 Å². The zero-order chi connectivity index (χ0) is 25.2. The summed E-state index contributed by atoms with van der Waals surface area (Å²) in [4.78, 5) is 30.5. The van der Waals surface area contributed by atoms with Gasteiger partial charge in [0.15, 0.2) is 0 Å². The van der Waals surface area contributed by atoms with Crippen LogP contribution in [0.3, 0.4) is 0 Å². The minimum Gasteiger partial charge on any atom is -0.385 e. The van der Waals surface area contributed by atoms with Gasteiger partial charge in [0, 0.05) is 37.4 Å². The van der Waals surface area contributed by atoms with E-state index in [1.807, 2.05) is 18.4 Å². The first-order chi connectivity index (χ1) is 16.9. The number of hydrogen-bond donors (Lipinski definition) is 1. The lowest BCUT2D eigenvalue weighted by atomic mass is 10.2. The Morgan fingerprint density at radius 2 is 1.77 bits per heavy atom. The van der Waals surface area contributed by atoms with Crippen LogP contribution in [0.2, 0.25) is 0 Å². The van der Waals surface area contributed by atoms with Gasteiger partial charge in [-0.15, -0.1) is 11.3 Å². The average molecular weight is 502 g/mol. The molecule has 0 aliphatic rings. The van der Waals surface area contributed by atoms with Gasteiger partial charge in [0.2, 0.25) is 5.91 Å². The Balaban J connectivity index is 1.77. The number of rotatable bonds is 11. The van der Waals surface area contributed by atoms with Gasteiger partial charge in [0.05, 0.1) is 6.54 Å². The Hall–Kier alpha value is -3.30. The summed E-state index contributed by atoms with van der Waals surface area (Å²) >= 11 is 1.55. The molecule has 1 aromatic heterocycles. The molecule has 3 rings (SSSR count). The summed E-state index contributed by atoms with van der Waals surface area (Å²) < 4.78 is 32.1. The zero-order valence-electron chi connectivity index (χ0n) is 19.8. The van der Waals surface area contributed by atoms with Crippen LogP contribution in [0.15, 0.2) is 60.0 Å². The maximum absolute atomic E-state index is 13.6. The van der Waals surface area contributed by atoms with Gasteiger partial charge in [-0.2, -0.15) is 0 Å². The normalized spacial score (nSPS) is 10.7. The number of benzene rings is 2. The van der Waals surface area contributed by atoms with E-state index in [2.05, 4.69) is 5.32 Å². The molecule has 9 heteroatoms. The number of aryl methyl sites for hydroxylation is 1. The highest BCUT2D eigenvalue weighted by Gasteiger charge is 2.23. The van der Waals surface area contributed by atoms with E-state index in [4.69, 9.17) is 4.74 Å². The third kappa shape index (κ3) is 8.15. The highest BCUT2D eigenvalue weighted by molar-refractivity contribution is 7.10. The molecule has 6 nitrogen and oxygen atoms in total. The summed E-state index contributed by atoms with van der Waals surface area (Å²) in [6.45, 7) is 3.16. The monoisotopic (exact) mass is 501 g/mol. The third-order valence-corrected chi connectivity index (χ3v) is 6.42. The number of anilines is 1. The maximum Gasteiger partial charge on any atom is 0.322 e. The van der Waals surface area contributed by atoms with Gasteiger partial charge in [-0.25, -0.2) is 13.6 Å². The Kier molecular flexibility index (Phi) is 9.75. The number of nitrogens with one attached hydrogen (secondary N) is 1. The number of urea groups is 1. The molecule has 0 bridgehead atoms. The van der Waals surface area contributed by atoms with Gasteiger partial charge in [-0.3, -0.25) is 4.79 Å². The average Bonchev–Trinajstić information content (AvgIpc) is 3.23. The van der Waals surface area contributed by atoms with E-state index >= 15 is 0 Å². The Labute approximate surface area is 208 Å². The van der Waals surface area contributed by atoms with Crippen molar-refractivity contribution in [2.45, 2.75) is 26.4 Å². The number of nitrogens with zero attached hydrogens (tertiary/aromatic N) is 2. The number of carbonyl (C=O) groups excluding carboxylic acids is 2. The lowest BCUT2D eigenvalue weighted by Gasteiger charge is -2.28. The molecule has 1 N–H and O–H groups in total.